The van der Waals surface area contributed by atoms with E-state index < -0.39 is 30.6 Å². The second-order valence-electron chi connectivity index (χ2n) is 4.01. The fraction of sp³-hybridized carbons (Fsp3) is 1.00. The van der Waals surface area contributed by atoms with E-state index in [0.29, 0.717) is 6.61 Å². The van der Waals surface area contributed by atoms with Crippen molar-refractivity contribution >= 4 is 0 Å². The van der Waals surface area contributed by atoms with Crippen LogP contribution in [0.2, 0.25) is 0 Å². The van der Waals surface area contributed by atoms with E-state index in [9.17, 15) is 10.2 Å². The summed E-state index contributed by atoms with van der Waals surface area (Å²) in [6, 6.07) is -0.797. The molecule has 0 aliphatic carbocycles. The van der Waals surface area contributed by atoms with Crippen LogP contribution in [0.5, 0.6) is 0 Å². The van der Waals surface area contributed by atoms with Gasteiger partial charge in [-0.1, -0.05) is 13.3 Å². The average Bonchev–Trinajstić information content (AvgIpc) is 2.29. The van der Waals surface area contributed by atoms with Gasteiger partial charge in [0, 0.05) is 6.61 Å². The average molecular weight is 235 g/mol. The van der Waals surface area contributed by atoms with Gasteiger partial charge >= 0.3 is 0 Å². The maximum Gasteiger partial charge on any atom is 0.175 e. The Bertz CT molecular complexity index is 202. The molecule has 0 amide bonds. The third-order valence-electron chi connectivity index (χ3n) is 2.71. The zero-order valence-corrected chi connectivity index (χ0v) is 9.45. The molecular weight excluding hydrogens is 214 g/mol. The number of nitrogens with two attached hydrogens (primary N) is 1. The van der Waals surface area contributed by atoms with Gasteiger partial charge in [0.15, 0.2) is 6.29 Å². The van der Waals surface area contributed by atoms with Crippen molar-refractivity contribution in [2.24, 2.45) is 5.73 Å². The van der Waals surface area contributed by atoms with Crippen molar-refractivity contribution in [1.29, 1.82) is 0 Å². The Labute approximate surface area is 95.0 Å². The Morgan fingerprint density at radius 3 is 2.56 bits per heavy atom. The number of aliphatic hydroxyl groups is 3. The molecule has 1 heterocycles. The second kappa shape index (κ2) is 6.48. The van der Waals surface area contributed by atoms with Crippen LogP contribution in [0.25, 0.3) is 0 Å². The van der Waals surface area contributed by atoms with E-state index in [2.05, 4.69) is 0 Å². The number of hydrogen-bond donors (Lipinski definition) is 4. The lowest BCUT2D eigenvalue weighted by Crippen LogP contribution is -2.62. The molecule has 1 aliphatic rings. The third kappa shape index (κ3) is 3.13. The van der Waals surface area contributed by atoms with Gasteiger partial charge < -0.3 is 30.5 Å². The van der Waals surface area contributed by atoms with Crippen LogP contribution in [-0.4, -0.2) is 59.2 Å². The van der Waals surface area contributed by atoms with Gasteiger partial charge in [-0.05, 0) is 6.42 Å². The Kier molecular flexibility index (Phi) is 5.60. The van der Waals surface area contributed by atoms with Gasteiger partial charge in [-0.3, -0.25) is 0 Å². The minimum Gasteiger partial charge on any atom is -0.394 e. The van der Waals surface area contributed by atoms with Crippen LogP contribution < -0.4 is 5.73 Å². The van der Waals surface area contributed by atoms with Crippen molar-refractivity contribution in [2.75, 3.05) is 13.2 Å². The summed E-state index contributed by atoms with van der Waals surface area (Å²) in [7, 11) is 0. The fourth-order valence-electron chi connectivity index (χ4n) is 1.60. The lowest BCUT2D eigenvalue weighted by molar-refractivity contribution is -0.265. The molecule has 0 aromatic heterocycles. The summed E-state index contributed by atoms with van der Waals surface area (Å²) >= 11 is 0. The summed E-state index contributed by atoms with van der Waals surface area (Å²) in [4.78, 5) is 0. The summed E-state index contributed by atoms with van der Waals surface area (Å²) in [6.07, 6.45) is -2.09. The smallest absolute Gasteiger partial charge is 0.175 e. The first-order chi connectivity index (χ1) is 7.61. The predicted octanol–water partition coefficient (Wildman–Crippen LogP) is -1.43. The van der Waals surface area contributed by atoms with Crippen molar-refractivity contribution in [3.05, 3.63) is 0 Å². The number of ether oxygens (including phenoxy) is 2. The van der Waals surface area contributed by atoms with Crippen molar-refractivity contribution in [2.45, 2.75) is 50.4 Å². The molecule has 0 aromatic rings. The zero-order chi connectivity index (χ0) is 12.1. The molecule has 0 saturated carbocycles. The molecule has 1 aliphatic heterocycles. The first-order valence-corrected chi connectivity index (χ1v) is 5.61. The first kappa shape index (κ1) is 13.8. The SMILES string of the molecule is CCCCO[C@@H]1O[C@H](CO)[C@@H](O)[C@H](O)[C@H]1N. The van der Waals surface area contributed by atoms with Crippen molar-refractivity contribution in [3.8, 4) is 0 Å². The van der Waals surface area contributed by atoms with E-state index in [-0.39, 0.29) is 6.61 Å². The van der Waals surface area contributed by atoms with Crippen LogP contribution in [0.4, 0.5) is 0 Å². The topological polar surface area (TPSA) is 105 Å². The maximum absolute atomic E-state index is 9.63. The number of rotatable bonds is 5. The monoisotopic (exact) mass is 235 g/mol. The summed E-state index contributed by atoms with van der Waals surface area (Å²) in [5.41, 5.74) is 5.67. The zero-order valence-electron chi connectivity index (χ0n) is 9.45. The van der Waals surface area contributed by atoms with E-state index in [1.54, 1.807) is 0 Å². The summed E-state index contributed by atoms with van der Waals surface area (Å²) in [6.45, 7) is 2.13. The summed E-state index contributed by atoms with van der Waals surface area (Å²) < 4.78 is 10.6. The van der Waals surface area contributed by atoms with Gasteiger partial charge in [0.05, 0.1) is 12.6 Å². The molecule has 0 unspecified atom stereocenters. The van der Waals surface area contributed by atoms with Crippen LogP contribution >= 0.6 is 0 Å². The molecule has 16 heavy (non-hydrogen) atoms. The highest BCUT2D eigenvalue weighted by atomic mass is 16.7. The number of aliphatic hydroxyl groups excluding tert-OH is 3. The largest absolute Gasteiger partial charge is 0.394 e. The molecule has 1 saturated heterocycles. The van der Waals surface area contributed by atoms with Crippen molar-refractivity contribution in [3.63, 3.8) is 0 Å². The molecule has 0 bridgehead atoms. The van der Waals surface area contributed by atoms with Crippen LogP contribution in [0, 0.1) is 0 Å². The van der Waals surface area contributed by atoms with Gasteiger partial charge in [-0.2, -0.15) is 0 Å². The normalized spacial score (nSPS) is 39.9. The van der Waals surface area contributed by atoms with Crippen LogP contribution in [0.3, 0.4) is 0 Å². The van der Waals surface area contributed by atoms with Crippen LogP contribution in [0.15, 0.2) is 0 Å². The lowest BCUT2D eigenvalue weighted by Gasteiger charge is -2.40. The second-order valence-corrected chi connectivity index (χ2v) is 4.01. The standard InChI is InChI=1S/C10H21NO5/c1-2-3-4-15-10-7(11)9(14)8(13)6(5-12)16-10/h6-10,12-14H,2-5,11H2,1H3/t6-,7-,8-,9-,10-/m1/s1. The van der Waals surface area contributed by atoms with Crippen molar-refractivity contribution < 1.29 is 24.8 Å². The molecule has 5 atom stereocenters. The molecule has 1 rings (SSSR count). The van der Waals surface area contributed by atoms with E-state index in [1.807, 2.05) is 6.92 Å². The lowest BCUT2D eigenvalue weighted by atomic mass is 9.98. The van der Waals surface area contributed by atoms with E-state index in [0.717, 1.165) is 12.8 Å². The van der Waals surface area contributed by atoms with Gasteiger partial charge in [-0.25, -0.2) is 0 Å². The molecule has 0 radical (unpaired) electrons. The Hall–Kier alpha value is -0.240. The van der Waals surface area contributed by atoms with E-state index in [1.165, 1.54) is 0 Å². The Morgan fingerprint density at radius 1 is 1.31 bits per heavy atom. The molecule has 6 heteroatoms. The fourth-order valence-corrected chi connectivity index (χ4v) is 1.60. The summed E-state index contributed by atoms with van der Waals surface area (Å²) in [5.74, 6) is 0. The predicted molar refractivity (Wildman–Crippen MR) is 56.6 cm³/mol. The minimum atomic E-state index is -1.17. The van der Waals surface area contributed by atoms with Crippen LogP contribution in [-0.2, 0) is 9.47 Å². The third-order valence-corrected chi connectivity index (χ3v) is 2.71. The molecule has 6 nitrogen and oxygen atoms in total. The van der Waals surface area contributed by atoms with E-state index >= 15 is 0 Å². The quantitative estimate of drug-likeness (QED) is 0.435. The highest BCUT2D eigenvalue weighted by Crippen LogP contribution is 2.20. The number of hydrogen-bond acceptors (Lipinski definition) is 6. The minimum absolute atomic E-state index is 0.376. The van der Waals surface area contributed by atoms with Crippen molar-refractivity contribution in [1.82, 2.24) is 0 Å². The molecular formula is C10H21NO5. The highest BCUT2D eigenvalue weighted by Gasteiger charge is 2.42. The Morgan fingerprint density at radius 2 is 2.00 bits per heavy atom. The molecule has 1 fully saturated rings. The van der Waals surface area contributed by atoms with Gasteiger partial charge in [0.25, 0.3) is 0 Å². The first-order valence-electron chi connectivity index (χ1n) is 5.61. The summed E-state index contributed by atoms with van der Waals surface area (Å²) in [5, 5.41) is 28.1. The number of unbranched alkanes of at least 4 members (excludes halogenated alkanes) is 1. The van der Waals surface area contributed by atoms with Gasteiger partial charge in [0.1, 0.15) is 18.3 Å². The maximum atomic E-state index is 9.63. The molecule has 0 aromatic carbocycles. The molecule has 0 spiro atoms. The van der Waals surface area contributed by atoms with E-state index in [4.69, 9.17) is 20.3 Å². The highest BCUT2D eigenvalue weighted by molar-refractivity contribution is 4.91. The van der Waals surface area contributed by atoms with Crippen LogP contribution in [0.1, 0.15) is 19.8 Å². The molecule has 96 valence electrons. The van der Waals surface area contributed by atoms with Gasteiger partial charge in [0.2, 0.25) is 0 Å². The molecule has 5 N–H and O–H groups in total. The Balaban J connectivity index is 2.50. The van der Waals surface area contributed by atoms with Gasteiger partial charge in [-0.15, -0.1) is 0 Å².